The van der Waals surface area contributed by atoms with Crippen LogP contribution in [-0.4, -0.2) is 33.2 Å². The monoisotopic (exact) mass is 588 g/mol. The van der Waals surface area contributed by atoms with E-state index in [0.717, 1.165) is 57.6 Å². The van der Waals surface area contributed by atoms with Crippen molar-refractivity contribution < 1.29 is 26.9 Å². The summed E-state index contributed by atoms with van der Waals surface area (Å²) in [5.74, 6) is -0.711. The van der Waals surface area contributed by atoms with Crippen molar-refractivity contribution in [3.05, 3.63) is 0 Å². The third kappa shape index (κ3) is 33.3. The fraction of sp³-hybridized carbons (Fsp3) is 0.939. The third-order valence-electron chi connectivity index (χ3n) is 7.53. The van der Waals surface area contributed by atoms with Gasteiger partial charge in [-0.25, -0.2) is 0 Å². The highest BCUT2D eigenvalue weighted by Crippen LogP contribution is 2.15. The number of ether oxygens (including phenoxy) is 1. The van der Waals surface area contributed by atoms with Gasteiger partial charge < -0.3 is 4.74 Å². The second-order valence-electron chi connectivity index (χ2n) is 11.7. The Morgan fingerprint density at radius 2 is 0.725 bits per heavy atom. The molecule has 0 saturated carbocycles. The van der Waals surface area contributed by atoms with Crippen molar-refractivity contribution in [1.82, 2.24) is 0 Å². The van der Waals surface area contributed by atoms with Crippen LogP contribution in [0.5, 0.6) is 0 Å². The van der Waals surface area contributed by atoms with Gasteiger partial charge >= 0.3 is 11.9 Å². The molecular weight excluding hydrogens is 524 g/mol. The Balaban J connectivity index is 3.30. The Bertz CT molecular complexity index is 676. The molecule has 0 rings (SSSR count). The minimum absolute atomic E-state index is 0.303. The van der Waals surface area contributed by atoms with Crippen molar-refractivity contribution >= 4 is 22.1 Å². The molecule has 40 heavy (non-hydrogen) atoms. The SMILES string of the molecule is CCCCCCCCCCCCCCCC(=O)OC(=O)CCCCCCCCCCCCCCCOS(C)(=O)=O. The van der Waals surface area contributed by atoms with Gasteiger partial charge in [-0.3, -0.25) is 13.8 Å². The summed E-state index contributed by atoms with van der Waals surface area (Å²) in [6.07, 6.45) is 33.0. The van der Waals surface area contributed by atoms with Gasteiger partial charge in [-0.05, 0) is 19.3 Å². The van der Waals surface area contributed by atoms with Crippen LogP contribution in [0, 0.1) is 0 Å². The van der Waals surface area contributed by atoms with Crippen molar-refractivity contribution in [1.29, 1.82) is 0 Å². The highest BCUT2D eigenvalue weighted by atomic mass is 32.2. The molecule has 0 aromatic heterocycles. The van der Waals surface area contributed by atoms with E-state index in [-0.39, 0.29) is 11.9 Å². The average molecular weight is 589 g/mol. The van der Waals surface area contributed by atoms with Crippen LogP contribution in [0.15, 0.2) is 0 Å². The Morgan fingerprint density at radius 1 is 0.450 bits per heavy atom. The van der Waals surface area contributed by atoms with Gasteiger partial charge in [0.25, 0.3) is 10.1 Å². The highest BCUT2D eigenvalue weighted by Gasteiger charge is 2.10. The standard InChI is InChI=1S/C33H64O6S/c1-3-4-5-6-7-8-9-11-14-17-20-23-26-29-32(34)39-33(35)30-27-24-21-18-15-12-10-13-16-19-22-25-28-31-38-40(2,36)37/h3-31H2,1-2H3. The van der Waals surface area contributed by atoms with Gasteiger partial charge in [0.1, 0.15) is 0 Å². The van der Waals surface area contributed by atoms with E-state index < -0.39 is 10.1 Å². The molecule has 6 nitrogen and oxygen atoms in total. The van der Waals surface area contributed by atoms with Gasteiger partial charge in [-0.1, -0.05) is 155 Å². The first-order valence-corrected chi connectivity index (χ1v) is 18.7. The molecule has 0 aliphatic heterocycles. The highest BCUT2D eigenvalue weighted by molar-refractivity contribution is 7.85. The first-order valence-electron chi connectivity index (χ1n) is 16.9. The quantitative estimate of drug-likeness (QED) is 0.0346. The zero-order valence-electron chi connectivity index (χ0n) is 26.4. The van der Waals surface area contributed by atoms with Crippen molar-refractivity contribution in [2.24, 2.45) is 0 Å². The van der Waals surface area contributed by atoms with Gasteiger partial charge in [0, 0.05) is 12.8 Å². The molecule has 238 valence electrons. The van der Waals surface area contributed by atoms with Crippen LogP contribution in [0.3, 0.4) is 0 Å². The number of esters is 2. The molecule has 0 amide bonds. The van der Waals surface area contributed by atoms with E-state index in [4.69, 9.17) is 8.92 Å². The average Bonchev–Trinajstić information content (AvgIpc) is 2.90. The summed E-state index contributed by atoms with van der Waals surface area (Å²) in [4.78, 5) is 23.8. The molecule has 0 radical (unpaired) electrons. The van der Waals surface area contributed by atoms with Crippen molar-refractivity contribution in [3.8, 4) is 0 Å². The van der Waals surface area contributed by atoms with Crippen LogP contribution in [0.4, 0.5) is 0 Å². The molecule has 0 fully saturated rings. The molecule has 0 spiro atoms. The molecule has 0 N–H and O–H groups in total. The van der Waals surface area contributed by atoms with Crippen molar-refractivity contribution in [3.63, 3.8) is 0 Å². The maximum absolute atomic E-state index is 11.9. The Kier molecular flexibility index (Phi) is 28.8. The van der Waals surface area contributed by atoms with Crippen LogP contribution in [0.1, 0.15) is 187 Å². The van der Waals surface area contributed by atoms with Crippen LogP contribution in [-0.2, 0) is 28.6 Å². The molecule has 0 aromatic carbocycles. The molecule has 0 saturated heterocycles. The smallest absolute Gasteiger partial charge is 0.313 e. The predicted molar refractivity (Wildman–Crippen MR) is 167 cm³/mol. The molecule has 0 bridgehead atoms. The summed E-state index contributed by atoms with van der Waals surface area (Å²) >= 11 is 0. The number of unbranched alkanes of at least 4 members (excludes halogenated alkanes) is 24. The zero-order chi connectivity index (χ0) is 29.6. The molecule has 7 heteroatoms. The van der Waals surface area contributed by atoms with Gasteiger partial charge in [0.15, 0.2) is 0 Å². The molecule has 0 aliphatic rings. The maximum Gasteiger partial charge on any atom is 0.313 e. The van der Waals surface area contributed by atoms with Gasteiger partial charge in [-0.15, -0.1) is 0 Å². The summed E-state index contributed by atoms with van der Waals surface area (Å²) in [5, 5.41) is 0. The molecule has 0 aromatic rings. The number of carbonyl (C=O) groups excluding carboxylic acids is 2. The molecule has 0 aliphatic carbocycles. The van der Waals surface area contributed by atoms with E-state index in [1.54, 1.807) is 0 Å². The lowest BCUT2D eigenvalue weighted by Crippen LogP contribution is -2.11. The van der Waals surface area contributed by atoms with Crippen LogP contribution >= 0.6 is 0 Å². The lowest BCUT2D eigenvalue weighted by atomic mass is 10.0. The van der Waals surface area contributed by atoms with Gasteiger partial charge in [0.2, 0.25) is 0 Å². The summed E-state index contributed by atoms with van der Waals surface area (Å²) < 4.78 is 31.5. The Morgan fingerprint density at radius 3 is 1.02 bits per heavy atom. The Hall–Kier alpha value is -0.950. The van der Waals surface area contributed by atoms with Crippen LogP contribution in [0.2, 0.25) is 0 Å². The Labute approximate surface area is 248 Å². The first-order chi connectivity index (χ1) is 19.3. The van der Waals surface area contributed by atoms with Gasteiger partial charge in [0.05, 0.1) is 12.9 Å². The number of hydrogen-bond acceptors (Lipinski definition) is 6. The van der Waals surface area contributed by atoms with E-state index in [1.165, 1.54) is 116 Å². The molecular formula is C33H64O6S. The number of carbonyl (C=O) groups is 2. The van der Waals surface area contributed by atoms with Crippen molar-refractivity contribution in [2.75, 3.05) is 12.9 Å². The van der Waals surface area contributed by atoms with Crippen LogP contribution in [0.25, 0.3) is 0 Å². The molecule has 0 atom stereocenters. The van der Waals surface area contributed by atoms with Crippen molar-refractivity contribution in [2.45, 2.75) is 187 Å². The number of hydrogen-bond donors (Lipinski definition) is 0. The third-order valence-corrected chi connectivity index (χ3v) is 8.13. The normalized spacial score (nSPS) is 11.7. The topological polar surface area (TPSA) is 86.7 Å². The van der Waals surface area contributed by atoms with E-state index in [0.29, 0.717) is 19.4 Å². The van der Waals surface area contributed by atoms with E-state index in [9.17, 15) is 18.0 Å². The van der Waals surface area contributed by atoms with Gasteiger partial charge in [-0.2, -0.15) is 8.42 Å². The zero-order valence-corrected chi connectivity index (χ0v) is 27.2. The first kappa shape index (κ1) is 39.0. The minimum Gasteiger partial charge on any atom is -0.393 e. The minimum atomic E-state index is -3.29. The summed E-state index contributed by atoms with van der Waals surface area (Å²) in [5.41, 5.74) is 0. The van der Waals surface area contributed by atoms with Crippen LogP contribution < -0.4 is 0 Å². The lowest BCUT2D eigenvalue weighted by Gasteiger charge is -2.05. The number of rotatable bonds is 31. The fourth-order valence-corrected chi connectivity index (χ4v) is 5.46. The summed E-state index contributed by atoms with van der Waals surface area (Å²) in [6, 6.07) is 0. The predicted octanol–water partition coefficient (Wildman–Crippen LogP) is 9.98. The van der Waals surface area contributed by atoms with E-state index >= 15 is 0 Å². The van der Waals surface area contributed by atoms with E-state index in [1.807, 2.05) is 0 Å². The lowest BCUT2D eigenvalue weighted by molar-refractivity contribution is -0.159. The second kappa shape index (κ2) is 29.5. The molecule has 0 heterocycles. The summed E-state index contributed by atoms with van der Waals surface area (Å²) in [6.45, 7) is 2.56. The maximum atomic E-state index is 11.9. The fourth-order valence-electron chi connectivity index (χ4n) is 5.04. The second-order valence-corrected chi connectivity index (χ2v) is 13.4. The molecule has 0 unspecified atom stereocenters. The summed E-state index contributed by atoms with van der Waals surface area (Å²) in [7, 11) is -3.29. The largest absolute Gasteiger partial charge is 0.393 e. The van der Waals surface area contributed by atoms with E-state index in [2.05, 4.69) is 6.92 Å².